The van der Waals surface area contributed by atoms with Crippen LogP contribution in [0.2, 0.25) is 0 Å². The van der Waals surface area contributed by atoms with Gasteiger partial charge in [-0.05, 0) is 63.0 Å². The van der Waals surface area contributed by atoms with Crippen molar-refractivity contribution in [1.29, 1.82) is 5.26 Å². The number of carbonyl (C=O) groups is 1. The third-order valence-corrected chi connectivity index (χ3v) is 6.40. The fraction of sp³-hybridized carbons (Fsp3) is 0.522. The minimum Gasteiger partial charge on any atom is -0.342 e. The normalized spacial score (nSPS) is 24.2. The zero-order valence-corrected chi connectivity index (χ0v) is 16.8. The molecule has 5 heteroatoms. The molecule has 2 fully saturated rings. The quantitative estimate of drug-likeness (QED) is 0.806. The number of nitrogens with zero attached hydrogens (tertiary/aromatic N) is 4. The van der Waals surface area contributed by atoms with Crippen LogP contribution in [-0.4, -0.2) is 53.9 Å². The Bertz CT molecular complexity index is 910. The van der Waals surface area contributed by atoms with E-state index in [0.29, 0.717) is 23.3 Å². The number of carbonyl (C=O) groups excluding carboxylic acids is 1. The van der Waals surface area contributed by atoms with Crippen LogP contribution in [0.5, 0.6) is 0 Å². The molecule has 3 heterocycles. The Labute approximate surface area is 167 Å². The van der Waals surface area contributed by atoms with E-state index >= 15 is 0 Å². The van der Waals surface area contributed by atoms with Crippen molar-refractivity contribution in [2.75, 3.05) is 33.2 Å². The maximum Gasteiger partial charge on any atom is 0.225 e. The number of hydrogen-bond donors (Lipinski definition) is 0. The van der Waals surface area contributed by atoms with E-state index < -0.39 is 0 Å². The van der Waals surface area contributed by atoms with Crippen LogP contribution < -0.4 is 0 Å². The molecule has 0 N–H and O–H groups in total. The summed E-state index contributed by atoms with van der Waals surface area (Å²) >= 11 is 0. The Morgan fingerprint density at radius 1 is 1.21 bits per heavy atom. The van der Waals surface area contributed by atoms with Gasteiger partial charge in [0.1, 0.15) is 6.07 Å². The van der Waals surface area contributed by atoms with Crippen molar-refractivity contribution < 1.29 is 4.79 Å². The Morgan fingerprint density at radius 3 is 2.75 bits per heavy atom. The average molecular weight is 377 g/mol. The second-order valence-corrected chi connectivity index (χ2v) is 8.57. The summed E-state index contributed by atoms with van der Waals surface area (Å²) in [5.41, 5.74) is 2.60. The lowest BCUT2D eigenvalue weighted by Crippen LogP contribution is -2.47. The Hall–Kier alpha value is -2.45. The van der Waals surface area contributed by atoms with Gasteiger partial charge in [0.05, 0.1) is 11.1 Å². The van der Waals surface area contributed by atoms with Crippen molar-refractivity contribution in [2.24, 2.45) is 11.8 Å². The predicted octanol–water partition coefficient (Wildman–Crippen LogP) is 3.40. The molecule has 28 heavy (non-hydrogen) atoms. The van der Waals surface area contributed by atoms with Gasteiger partial charge >= 0.3 is 0 Å². The molecule has 5 nitrogen and oxygen atoms in total. The molecule has 0 aliphatic carbocycles. The molecule has 1 aromatic carbocycles. The monoisotopic (exact) mass is 376 g/mol. The van der Waals surface area contributed by atoms with Crippen LogP contribution in [-0.2, 0) is 4.79 Å². The van der Waals surface area contributed by atoms with Crippen molar-refractivity contribution in [3.63, 3.8) is 0 Å². The highest BCUT2D eigenvalue weighted by Gasteiger charge is 2.34. The first kappa shape index (κ1) is 18.9. The molecule has 1 aromatic heterocycles. The van der Waals surface area contributed by atoms with Gasteiger partial charge in [0.15, 0.2) is 0 Å². The zero-order valence-electron chi connectivity index (χ0n) is 16.8. The summed E-state index contributed by atoms with van der Waals surface area (Å²) in [6, 6.07) is 10.2. The lowest BCUT2D eigenvalue weighted by Gasteiger charge is -2.40. The van der Waals surface area contributed by atoms with Crippen molar-refractivity contribution in [1.82, 2.24) is 14.8 Å². The average Bonchev–Trinajstić information content (AvgIpc) is 2.72. The van der Waals surface area contributed by atoms with E-state index in [0.717, 1.165) is 56.3 Å². The second kappa shape index (κ2) is 7.89. The van der Waals surface area contributed by atoms with Crippen LogP contribution >= 0.6 is 0 Å². The van der Waals surface area contributed by atoms with Crippen molar-refractivity contribution >= 4 is 16.8 Å². The van der Waals surface area contributed by atoms with Gasteiger partial charge in [-0.1, -0.05) is 19.1 Å². The van der Waals surface area contributed by atoms with Crippen LogP contribution in [0.4, 0.5) is 0 Å². The number of amides is 1. The lowest BCUT2D eigenvalue weighted by atomic mass is 9.82. The maximum atomic E-state index is 13.2. The van der Waals surface area contributed by atoms with Crippen LogP contribution in [0.15, 0.2) is 30.5 Å². The number of aromatic nitrogens is 1. The number of nitriles is 1. The predicted molar refractivity (Wildman–Crippen MR) is 110 cm³/mol. The van der Waals surface area contributed by atoms with Gasteiger partial charge in [-0.2, -0.15) is 5.26 Å². The van der Waals surface area contributed by atoms with Gasteiger partial charge in [0, 0.05) is 36.5 Å². The topological polar surface area (TPSA) is 60.2 Å². The third-order valence-electron chi connectivity index (χ3n) is 6.40. The standard InChI is InChI=1S/C23H28N4O/c1-16-12-19(15-27(14-16)23(28)17-7-10-26(2)11-8-17)20-6-5-18(13-24)22-21(20)4-3-9-25-22/h3-6,9,16-17,19H,7-8,10-12,14-15H2,1-2H3. The van der Waals surface area contributed by atoms with E-state index in [1.165, 1.54) is 5.56 Å². The summed E-state index contributed by atoms with van der Waals surface area (Å²) in [5.74, 6) is 1.26. The molecule has 2 aromatic rings. The van der Waals surface area contributed by atoms with E-state index in [-0.39, 0.29) is 5.92 Å². The first-order chi connectivity index (χ1) is 13.6. The van der Waals surface area contributed by atoms with E-state index in [9.17, 15) is 10.1 Å². The van der Waals surface area contributed by atoms with Crippen molar-refractivity contribution in [3.8, 4) is 6.07 Å². The highest BCUT2D eigenvalue weighted by Crippen LogP contribution is 2.35. The lowest BCUT2D eigenvalue weighted by molar-refractivity contribution is -0.139. The van der Waals surface area contributed by atoms with E-state index in [1.54, 1.807) is 6.20 Å². The van der Waals surface area contributed by atoms with Gasteiger partial charge in [0.25, 0.3) is 0 Å². The fourth-order valence-corrected chi connectivity index (χ4v) is 4.91. The molecular weight excluding hydrogens is 348 g/mol. The van der Waals surface area contributed by atoms with Gasteiger partial charge in [-0.15, -0.1) is 0 Å². The fourth-order valence-electron chi connectivity index (χ4n) is 4.91. The summed E-state index contributed by atoms with van der Waals surface area (Å²) < 4.78 is 0. The number of benzene rings is 1. The zero-order chi connectivity index (χ0) is 19.7. The molecule has 146 valence electrons. The maximum absolute atomic E-state index is 13.2. The number of piperidine rings is 2. The molecule has 1 amide bonds. The summed E-state index contributed by atoms with van der Waals surface area (Å²) in [6.45, 7) is 5.88. The van der Waals surface area contributed by atoms with E-state index in [4.69, 9.17) is 0 Å². The Morgan fingerprint density at radius 2 is 2.00 bits per heavy atom. The smallest absolute Gasteiger partial charge is 0.225 e. The minimum absolute atomic E-state index is 0.168. The number of pyridine rings is 1. The van der Waals surface area contributed by atoms with Gasteiger partial charge in [-0.25, -0.2) is 0 Å². The molecule has 2 saturated heterocycles. The number of fused-ring (bicyclic) bond motifs is 1. The van der Waals surface area contributed by atoms with Crippen LogP contribution in [0.25, 0.3) is 10.9 Å². The molecule has 2 unspecified atom stereocenters. The number of rotatable bonds is 2. The summed E-state index contributed by atoms with van der Waals surface area (Å²) in [6.07, 6.45) is 4.74. The Kier molecular flexibility index (Phi) is 5.32. The van der Waals surface area contributed by atoms with Crippen LogP contribution in [0.1, 0.15) is 43.2 Å². The van der Waals surface area contributed by atoms with E-state index in [1.807, 2.05) is 12.1 Å². The molecule has 2 atom stereocenters. The SMILES string of the molecule is CC1CC(c2ccc(C#N)c3ncccc23)CN(C(=O)C2CCN(C)CC2)C1. The third kappa shape index (κ3) is 3.62. The minimum atomic E-state index is 0.168. The molecule has 0 spiro atoms. The largest absolute Gasteiger partial charge is 0.342 e. The van der Waals surface area contributed by atoms with Gasteiger partial charge in [0.2, 0.25) is 5.91 Å². The molecular formula is C23H28N4O. The molecule has 0 saturated carbocycles. The van der Waals surface area contributed by atoms with Gasteiger partial charge in [-0.3, -0.25) is 9.78 Å². The summed E-state index contributed by atoms with van der Waals surface area (Å²) in [7, 11) is 2.13. The van der Waals surface area contributed by atoms with Crippen LogP contribution in [0.3, 0.4) is 0 Å². The number of likely N-dealkylation sites (tertiary alicyclic amines) is 2. The highest BCUT2D eigenvalue weighted by atomic mass is 16.2. The molecule has 4 rings (SSSR count). The first-order valence-electron chi connectivity index (χ1n) is 10.3. The summed E-state index contributed by atoms with van der Waals surface area (Å²) in [4.78, 5) is 22.1. The first-order valence-corrected chi connectivity index (χ1v) is 10.3. The van der Waals surface area contributed by atoms with E-state index in [2.05, 4.69) is 47.0 Å². The van der Waals surface area contributed by atoms with Gasteiger partial charge < -0.3 is 9.80 Å². The Balaban J connectivity index is 1.60. The molecule has 0 bridgehead atoms. The second-order valence-electron chi connectivity index (χ2n) is 8.57. The molecule has 2 aliphatic heterocycles. The van der Waals surface area contributed by atoms with Crippen molar-refractivity contribution in [3.05, 3.63) is 41.6 Å². The molecule has 2 aliphatic rings. The van der Waals surface area contributed by atoms with Crippen LogP contribution in [0, 0.1) is 23.2 Å². The number of hydrogen-bond acceptors (Lipinski definition) is 4. The highest BCUT2D eigenvalue weighted by molar-refractivity contribution is 5.87. The van der Waals surface area contributed by atoms with Crippen molar-refractivity contribution in [2.45, 2.75) is 32.1 Å². The molecule has 0 radical (unpaired) electrons. The summed E-state index contributed by atoms with van der Waals surface area (Å²) in [5, 5.41) is 10.5.